The predicted octanol–water partition coefficient (Wildman–Crippen LogP) is 3.05. The number of rotatable bonds is 6. The number of furan rings is 1. The van der Waals surface area contributed by atoms with Crippen molar-refractivity contribution in [1.82, 2.24) is 5.32 Å². The van der Waals surface area contributed by atoms with E-state index in [1.54, 1.807) is 31.2 Å². The molecule has 2 rings (SSSR count). The van der Waals surface area contributed by atoms with Gasteiger partial charge in [-0.25, -0.2) is 0 Å². The van der Waals surface area contributed by atoms with Gasteiger partial charge in [-0.1, -0.05) is 11.6 Å². The van der Waals surface area contributed by atoms with Crippen LogP contribution in [0.3, 0.4) is 0 Å². The third kappa shape index (κ3) is 4.81. The SMILES string of the molecule is CC(O)(CNC(=O)CSc1ccc(Cl)cc1)c1ccco1. The largest absolute Gasteiger partial charge is 0.466 e. The van der Waals surface area contributed by atoms with Crippen LogP contribution in [0.5, 0.6) is 0 Å². The summed E-state index contributed by atoms with van der Waals surface area (Å²) in [5, 5.41) is 13.6. The van der Waals surface area contributed by atoms with Gasteiger partial charge in [-0.2, -0.15) is 0 Å². The molecule has 21 heavy (non-hydrogen) atoms. The first-order chi connectivity index (χ1) is 9.97. The molecule has 0 aliphatic heterocycles. The number of carbonyl (C=O) groups excluding carboxylic acids is 1. The van der Waals surface area contributed by atoms with Crippen LogP contribution in [0.25, 0.3) is 0 Å². The summed E-state index contributed by atoms with van der Waals surface area (Å²) in [6.45, 7) is 1.69. The minimum Gasteiger partial charge on any atom is -0.466 e. The van der Waals surface area contributed by atoms with E-state index in [0.29, 0.717) is 10.8 Å². The zero-order chi connectivity index (χ0) is 15.3. The number of amides is 1. The number of carbonyl (C=O) groups is 1. The van der Waals surface area contributed by atoms with Gasteiger partial charge in [0, 0.05) is 9.92 Å². The average Bonchev–Trinajstić information content (AvgIpc) is 3.00. The van der Waals surface area contributed by atoms with Crippen LogP contribution in [-0.2, 0) is 10.4 Å². The van der Waals surface area contributed by atoms with Crippen molar-refractivity contribution < 1.29 is 14.3 Å². The van der Waals surface area contributed by atoms with Crippen LogP contribution in [0.4, 0.5) is 0 Å². The van der Waals surface area contributed by atoms with Crippen LogP contribution in [0, 0.1) is 0 Å². The van der Waals surface area contributed by atoms with Crippen LogP contribution < -0.4 is 5.32 Å². The fourth-order valence-electron chi connectivity index (χ4n) is 1.67. The molecule has 0 saturated heterocycles. The quantitative estimate of drug-likeness (QED) is 0.801. The first kappa shape index (κ1) is 15.9. The summed E-state index contributed by atoms with van der Waals surface area (Å²) in [4.78, 5) is 12.8. The predicted molar refractivity (Wildman–Crippen MR) is 83.5 cm³/mol. The second-order valence-electron chi connectivity index (χ2n) is 4.77. The maximum absolute atomic E-state index is 11.8. The Morgan fingerprint density at radius 1 is 1.38 bits per heavy atom. The van der Waals surface area contributed by atoms with Gasteiger partial charge in [-0.05, 0) is 43.3 Å². The molecule has 1 heterocycles. The number of benzene rings is 1. The van der Waals surface area contributed by atoms with E-state index in [4.69, 9.17) is 16.0 Å². The Hall–Kier alpha value is -1.43. The van der Waals surface area contributed by atoms with E-state index in [2.05, 4.69) is 5.32 Å². The molecule has 0 spiro atoms. The molecule has 112 valence electrons. The molecule has 0 bridgehead atoms. The Bertz CT molecular complexity index is 581. The molecule has 6 heteroatoms. The Kier molecular flexibility index (Phi) is 5.33. The summed E-state index contributed by atoms with van der Waals surface area (Å²) in [7, 11) is 0. The maximum Gasteiger partial charge on any atom is 0.230 e. The van der Waals surface area contributed by atoms with E-state index < -0.39 is 5.60 Å². The van der Waals surface area contributed by atoms with E-state index in [1.165, 1.54) is 18.0 Å². The van der Waals surface area contributed by atoms with E-state index in [9.17, 15) is 9.90 Å². The lowest BCUT2D eigenvalue weighted by Gasteiger charge is -2.21. The number of nitrogens with one attached hydrogen (secondary N) is 1. The van der Waals surface area contributed by atoms with Crippen molar-refractivity contribution in [1.29, 1.82) is 0 Å². The van der Waals surface area contributed by atoms with Gasteiger partial charge in [-0.3, -0.25) is 4.79 Å². The number of hydrogen-bond acceptors (Lipinski definition) is 4. The zero-order valence-electron chi connectivity index (χ0n) is 11.5. The molecule has 2 N–H and O–H groups in total. The smallest absolute Gasteiger partial charge is 0.230 e. The second kappa shape index (κ2) is 7.02. The highest BCUT2D eigenvalue weighted by Crippen LogP contribution is 2.21. The van der Waals surface area contributed by atoms with Gasteiger partial charge < -0.3 is 14.8 Å². The molecule has 0 aliphatic rings. The molecule has 0 radical (unpaired) electrons. The van der Waals surface area contributed by atoms with Crippen molar-refractivity contribution in [2.24, 2.45) is 0 Å². The van der Waals surface area contributed by atoms with Gasteiger partial charge in [0.2, 0.25) is 5.91 Å². The molecule has 1 unspecified atom stereocenters. The van der Waals surface area contributed by atoms with Gasteiger partial charge in [0.05, 0.1) is 18.6 Å². The molecular weight excluding hydrogens is 310 g/mol. The lowest BCUT2D eigenvalue weighted by Crippen LogP contribution is -2.39. The van der Waals surface area contributed by atoms with Gasteiger partial charge in [0.1, 0.15) is 11.4 Å². The van der Waals surface area contributed by atoms with Crippen LogP contribution in [0.2, 0.25) is 5.02 Å². The summed E-state index contributed by atoms with van der Waals surface area (Å²) in [6.07, 6.45) is 1.49. The van der Waals surface area contributed by atoms with Crippen molar-refractivity contribution >= 4 is 29.3 Å². The first-order valence-corrected chi connectivity index (χ1v) is 7.75. The molecule has 4 nitrogen and oxygen atoms in total. The maximum atomic E-state index is 11.8. The van der Waals surface area contributed by atoms with Crippen molar-refractivity contribution in [3.05, 3.63) is 53.4 Å². The highest BCUT2D eigenvalue weighted by Gasteiger charge is 2.26. The van der Waals surface area contributed by atoms with Crippen LogP contribution in [-0.4, -0.2) is 23.3 Å². The van der Waals surface area contributed by atoms with E-state index in [0.717, 1.165) is 4.90 Å². The molecule has 0 saturated carbocycles. The van der Waals surface area contributed by atoms with Crippen LogP contribution >= 0.6 is 23.4 Å². The number of halogens is 1. The first-order valence-electron chi connectivity index (χ1n) is 6.39. The standard InChI is InChI=1S/C15H16ClNO3S/c1-15(19,13-3-2-8-20-13)10-17-14(18)9-21-12-6-4-11(16)5-7-12/h2-8,19H,9-10H2,1H3,(H,17,18). The molecule has 2 aromatic rings. The fraction of sp³-hybridized carbons (Fsp3) is 0.267. The summed E-state index contributed by atoms with van der Waals surface area (Å²) in [5.74, 6) is 0.547. The number of aliphatic hydroxyl groups is 1. The average molecular weight is 326 g/mol. The minimum atomic E-state index is -1.22. The van der Waals surface area contributed by atoms with Gasteiger partial charge in [0.15, 0.2) is 0 Å². The van der Waals surface area contributed by atoms with E-state index in [-0.39, 0.29) is 18.2 Å². The number of thioether (sulfide) groups is 1. The Labute approximate surface area is 132 Å². The highest BCUT2D eigenvalue weighted by atomic mass is 35.5. The molecule has 1 aromatic heterocycles. The Morgan fingerprint density at radius 2 is 2.10 bits per heavy atom. The molecular formula is C15H16ClNO3S. The van der Waals surface area contributed by atoms with E-state index in [1.807, 2.05) is 12.1 Å². The Balaban J connectivity index is 1.78. The van der Waals surface area contributed by atoms with Crippen molar-refractivity contribution in [2.75, 3.05) is 12.3 Å². The van der Waals surface area contributed by atoms with Crippen LogP contribution in [0.1, 0.15) is 12.7 Å². The van der Waals surface area contributed by atoms with E-state index >= 15 is 0 Å². The third-order valence-corrected chi connectivity index (χ3v) is 4.13. The molecule has 1 aromatic carbocycles. The minimum absolute atomic E-state index is 0.0977. The second-order valence-corrected chi connectivity index (χ2v) is 6.26. The van der Waals surface area contributed by atoms with Crippen molar-refractivity contribution in [3.63, 3.8) is 0 Å². The topological polar surface area (TPSA) is 62.5 Å². The van der Waals surface area contributed by atoms with Crippen molar-refractivity contribution in [2.45, 2.75) is 17.4 Å². The lowest BCUT2D eigenvalue weighted by atomic mass is 10.0. The fourth-order valence-corrected chi connectivity index (χ4v) is 2.53. The van der Waals surface area contributed by atoms with Gasteiger partial charge in [0.25, 0.3) is 0 Å². The summed E-state index contributed by atoms with van der Waals surface area (Å²) < 4.78 is 5.15. The Morgan fingerprint density at radius 3 is 2.71 bits per heavy atom. The normalized spacial score (nSPS) is 13.7. The third-order valence-electron chi connectivity index (χ3n) is 2.87. The summed E-state index contributed by atoms with van der Waals surface area (Å²) in [5.41, 5.74) is -1.22. The lowest BCUT2D eigenvalue weighted by molar-refractivity contribution is -0.119. The monoisotopic (exact) mass is 325 g/mol. The zero-order valence-corrected chi connectivity index (χ0v) is 13.1. The van der Waals surface area contributed by atoms with Crippen molar-refractivity contribution in [3.8, 4) is 0 Å². The molecule has 0 aliphatic carbocycles. The molecule has 0 fully saturated rings. The van der Waals surface area contributed by atoms with Crippen LogP contribution in [0.15, 0.2) is 52.0 Å². The summed E-state index contributed by atoms with van der Waals surface area (Å²) in [6, 6.07) is 10.7. The van der Waals surface area contributed by atoms with Gasteiger partial charge in [-0.15, -0.1) is 11.8 Å². The number of hydrogen-bond donors (Lipinski definition) is 2. The summed E-state index contributed by atoms with van der Waals surface area (Å²) >= 11 is 7.21. The molecule has 1 amide bonds. The molecule has 1 atom stereocenters. The van der Waals surface area contributed by atoms with Gasteiger partial charge >= 0.3 is 0 Å². The highest BCUT2D eigenvalue weighted by molar-refractivity contribution is 8.00.